The summed E-state index contributed by atoms with van der Waals surface area (Å²) in [6.07, 6.45) is -1.47. The molecule has 0 amide bonds. The molecule has 3 aromatic rings. The number of halogens is 3. The van der Waals surface area contributed by atoms with E-state index in [0.717, 1.165) is 9.75 Å². The Morgan fingerprint density at radius 2 is 1.64 bits per heavy atom. The quantitative estimate of drug-likeness (QED) is 0.569. The molecule has 0 fully saturated rings. The minimum Gasteiger partial charge on any atom is -0.354 e. The Morgan fingerprint density at radius 1 is 0.920 bits per heavy atom. The summed E-state index contributed by atoms with van der Waals surface area (Å²) in [6, 6.07) is 10.5. The fraction of sp³-hybridized carbons (Fsp3) is 0.0556. The van der Waals surface area contributed by atoms with E-state index in [4.69, 9.17) is 0 Å². The molecule has 1 aliphatic rings. The standard InChI is InChI=1S/C18H11F3N2S2/c19-18(20,21)17(13-7-5-11(22-13)15-3-1-9-24-15)14-8-6-12(23-14)16-4-2-10-25-16/h1-10,22H/b17-14+. The van der Waals surface area contributed by atoms with Gasteiger partial charge < -0.3 is 4.98 Å². The number of rotatable bonds is 3. The topological polar surface area (TPSA) is 28.1 Å². The Hall–Kier alpha value is -2.38. The van der Waals surface area contributed by atoms with Gasteiger partial charge in [0.1, 0.15) is 5.57 Å². The molecule has 0 bridgehead atoms. The van der Waals surface area contributed by atoms with Gasteiger partial charge in [0.2, 0.25) is 0 Å². The second kappa shape index (κ2) is 6.16. The van der Waals surface area contributed by atoms with Crippen molar-refractivity contribution in [2.45, 2.75) is 6.18 Å². The highest BCUT2D eigenvalue weighted by molar-refractivity contribution is 7.13. The molecule has 0 aliphatic carbocycles. The Kier molecular flexibility index (Phi) is 3.97. The van der Waals surface area contributed by atoms with Crippen LogP contribution in [0.3, 0.4) is 0 Å². The van der Waals surface area contributed by atoms with Gasteiger partial charge in [0, 0.05) is 0 Å². The molecule has 0 unspecified atom stereocenters. The van der Waals surface area contributed by atoms with Gasteiger partial charge >= 0.3 is 6.18 Å². The van der Waals surface area contributed by atoms with Crippen molar-refractivity contribution in [3.8, 4) is 10.6 Å². The lowest BCUT2D eigenvalue weighted by molar-refractivity contribution is -0.0695. The number of alkyl halides is 3. The first-order valence-corrected chi connectivity index (χ1v) is 9.14. The van der Waals surface area contributed by atoms with Gasteiger partial charge in [-0.3, -0.25) is 0 Å². The van der Waals surface area contributed by atoms with E-state index in [1.54, 1.807) is 12.1 Å². The van der Waals surface area contributed by atoms with E-state index in [2.05, 4.69) is 9.98 Å². The van der Waals surface area contributed by atoms with E-state index in [9.17, 15) is 13.2 Å². The Morgan fingerprint density at radius 3 is 2.28 bits per heavy atom. The van der Waals surface area contributed by atoms with E-state index in [-0.39, 0.29) is 11.4 Å². The summed E-state index contributed by atoms with van der Waals surface area (Å²) < 4.78 is 41.1. The highest BCUT2D eigenvalue weighted by Crippen LogP contribution is 2.39. The molecule has 3 aromatic heterocycles. The molecule has 4 rings (SSSR count). The van der Waals surface area contributed by atoms with Gasteiger partial charge in [-0.15, -0.1) is 22.7 Å². The number of hydrogen-bond donors (Lipinski definition) is 1. The smallest absolute Gasteiger partial charge is 0.354 e. The van der Waals surface area contributed by atoms with E-state index >= 15 is 0 Å². The summed E-state index contributed by atoms with van der Waals surface area (Å²) in [5, 5.41) is 3.76. The molecule has 7 heteroatoms. The van der Waals surface area contributed by atoms with Crippen molar-refractivity contribution < 1.29 is 13.2 Å². The lowest BCUT2D eigenvalue weighted by Crippen LogP contribution is -2.12. The Balaban J connectivity index is 1.79. The van der Waals surface area contributed by atoms with Crippen LogP contribution in [0.5, 0.6) is 0 Å². The van der Waals surface area contributed by atoms with Crippen LogP contribution < -0.4 is 0 Å². The molecule has 0 radical (unpaired) electrons. The molecule has 0 atom stereocenters. The number of allylic oxidation sites excluding steroid dienone is 3. The molecule has 0 saturated heterocycles. The molecule has 1 aliphatic heterocycles. The van der Waals surface area contributed by atoms with Crippen LogP contribution in [0.4, 0.5) is 13.2 Å². The zero-order chi connectivity index (χ0) is 17.4. The number of nitrogens with zero attached hydrogens (tertiary/aromatic N) is 1. The number of aromatic nitrogens is 1. The van der Waals surface area contributed by atoms with Crippen molar-refractivity contribution in [3.05, 3.63) is 75.6 Å². The minimum absolute atomic E-state index is 0.0201. The predicted molar refractivity (Wildman–Crippen MR) is 97.1 cm³/mol. The largest absolute Gasteiger partial charge is 0.420 e. The highest BCUT2D eigenvalue weighted by atomic mass is 32.1. The monoisotopic (exact) mass is 376 g/mol. The van der Waals surface area contributed by atoms with Gasteiger partial charge in [-0.25, -0.2) is 4.99 Å². The van der Waals surface area contributed by atoms with Crippen LogP contribution in [0.15, 0.2) is 70.0 Å². The van der Waals surface area contributed by atoms with Crippen molar-refractivity contribution in [1.29, 1.82) is 0 Å². The maximum Gasteiger partial charge on any atom is 0.420 e. The summed E-state index contributed by atoms with van der Waals surface area (Å²) in [5.74, 6) is 0. The van der Waals surface area contributed by atoms with Crippen molar-refractivity contribution in [2.24, 2.45) is 4.99 Å². The number of aliphatic imine (C=N–C) groups is 1. The van der Waals surface area contributed by atoms with E-state index < -0.39 is 11.7 Å². The fourth-order valence-electron chi connectivity index (χ4n) is 2.62. The minimum atomic E-state index is -4.51. The zero-order valence-electron chi connectivity index (χ0n) is 12.7. The number of hydrogen-bond acceptors (Lipinski definition) is 3. The van der Waals surface area contributed by atoms with Gasteiger partial charge in [0.05, 0.1) is 32.6 Å². The van der Waals surface area contributed by atoms with Gasteiger partial charge in [0.25, 0.3) is 0 Å². The van der Waals surface area contributed by atoms with Gasteiger partial charge in [0.15, 0.2) is 0 Å². The van der Waals surface area contributed by atoms with Crippen LogP contribution in [0.2, 0.25) is 0 Å². The summed E-state index contributed by atoms with van der Waals surface area (Å²) in [4.78, 5) is 8.82. The first-order valence-electron chi connectivity index (χ1n) is 7.38. The molecule has 0 aromatic carbocycles. The van der Waals surface area contributed by atoms with Gasteiger partial charge in [-0.2, -0.15) is 13.2 Å². The number of H-pyrrole nitrogens is 1. The van der Waals surface area contributed by atoms with Crippen molar-refractivity contribution in [2.75, 3.05) is 0 Å². The van der Waals surface area contributed by atoms with Crippen molar-refractivity contribution in [3.63, 3.8) is 0 Å². The second-order valence-electron chi connectivity index (χ2n) is 5.33. The number of aromatic amines is 1. The average molecular weight is 376 g/mol. The van der Waals surface area contributed by atoms with Crippen molar-refractivity contribution in [1.82, 2.24) is 4.98 Å². The SMILES string of the molecule is FC(F)(F)/C(=C1\C=CC(c2cccs2)=N1)c1ccc(-c2cccs2)[nH]1. The van der Waals surface area contributed by atoms with Gasteiger partial charge in [-0.05, 0) is 47.2 Å². The molecule has 4 heterocycles. The fourth-order valence-corrected chi connectivity index (χ4v) is 4.02. The molecule has 0 saturated carbocycles. The average Bonchev–Trinajstić information content (AvgIpc) is 3.34. The lowest BCUT2D eigenvalue weighted by Gasteiger charge is -2.11. The third-order valence-corrected chi connectivity index (χ3v) is 5.49. The summed E-state index contributed by atoms with van der Waals surface area (Å²) in [6.45, 7) is 0. The molecular weight excluding hydrogens is 365 g/mol. The van der Waals surface area contributed by atoms with Gasteiger partial charge in [-0.1, -0.05) is 12.1 Å². The maximum absolute atomic E-state index is 13.7. The Labute approximate surface area is 149 Å². The van der Waals surface area contributed by atoms with Crippen LogP contribution in [0.1, 0.15) is 10.6 Å². The first kappa shape index (κ1) is 16.1. The van der Waals surface area contributed by atoms with Crippen LogP contribution in [-0.2, 0) is 0 Å². The maximum atomic E-state index is 13.7. The van der Waals surface area contributed by atoms with E-state index in [1.807, 2.05) is 35.0 Å². The third kappa shape index (κ3) is 3.12. The molecule has 0 spiro atoms. The Bertz CT molecular complexity index is 972. The summed E-state index contributed by atoms with van der Waals surface area (Å²) >= 11 is 2.92. The van der Waals surface area contributed by atoms with Crippen LogP contribution >= 0.6 is 22.7 Å². The first-order chi connectivity index (χ1) is 12.0. The second-order valence-corrected chi connectivity index (χ2v) is 7.22. The summed E-state index contributed by atoms with van der Waals surface area (Å²) in [5.41, 5.74) is 0.411. The van der Waals surface area contributed by atoms with Crippen molar-refractivity contribution >= 4 is 34.0 Å². The zero-order valence-corrected chi connectivity index (χ0v) is 14.3. The third-order valence-electron chi connectivity index (χ3n) is 3.70. The lowest BCUT2D eigenvalue weighted by atomic mass is 10.1. The van der Waals surface area contributed by atoms with E-state index in [0.29, 0.717) is 11.4 Å². The summed E-state index contributed by atoms with van der Waals surface area (Å²) in [7, 11) is 0. The van der Waals surface area contributed by atoms with E-state index in [1.165, 1.54) is 34.8 Å². The number of nitrogens with one attached hydrogen (secondary N) is 1. The molecule has 1 N–H and O–H groups in total. The highest BCUT2D eigenvalue weighted by Gasteiger charge is 2.38. The predicted octanol–water partition coefficient (Wildman–Crippen LogP) is 6.14. The van der Waals surface area contributed by atoms with Crippen LogP contribution in [0.25, 0.3) is 16.1 Å². The molecule has 2 nitrogen and oxygen atoms in total. The molecule has 126 valence electrons. The van der Waals surface area contributed by atoms with Crippen LogP contribution in [-0.4, -0.2) is 16.9 Å². The number of thiophene rings is 2. The molecule has 25 heavy (non-hydrogen) atoms. The van der Waals surface area contributed by atoms with Crippen LogP contribution in [0, 0.1) is 0 Å². The molecular formula is C18H11F3N2S2. The normalized spacial score (nSPS) is 16.4.